The summed E-state index contributed by atoms with van der Waals surface area (Å²) in [6.07, 6.45) is 1.65. The van der Waals surface area contributed by atoms with Crippen molar-refractivity contribution in [2.24, 2.45) is 7.05 Å². The molecule has 0 saturated heterocycles. The highest BCUT2D eigenvalue weighted by molar-refractivity contribution is 7.98. The van der Waals surface area contributed by atoms with Crippen molar-refractivity contribution in [1.82, 2.24) is 29.7 Å². The van der Waals surface area contributed by atoms with Crippen LogP contribution in [-0.2, 0) is 12.8 Å². The zero-order valence-electron chi connectivity index (χ0n) is 10.4. The minimum absolute atomic E-state index is 0.224. The number of rotatable bonds is 4. The van der Waals surface area contributed by atoms with Crippen LogP contribution in [0.3, 0.4) is 0 Å². The topological polar surface area (TPSA) is 98.6 Å². The van der Waals surface area contributed by atoms with Crippen molar-refractivity contribution in [1.29, 1.82) is 0 Å². The highest BCUT2D eigenvalue weighted by Gasteiger charge is 2.08. The molecular formula is C9H14N8S. The van der Waals surface area contributed by atoms with E-state index in [1.54, 1.807) is 11.2 Å². The van der Waals surface area contributed by atoms with Crippen molar-refractivity contribution >= 4 is 23.7 Å². The molecular weight excluding hydrogens is 252 g/mol. The van der Waals surface area contributed by atoms with E-state index in [0.717, 1.165) is 5.16 Å². The van der Waals surface area contributed by atoms with Gasteiger partial charge >= 0.3 is 0 Å². The van der Waals surface area contributed by atoms with Gasteiger partial charge in [-0.15, -0.1) is 10.2 Å². The molecule has 0 aromatic carbocycles. The summed E-state index contributed by atoms with van der Waals surface area (Å²) in [6.45, 7) is 0. The average Bonchev–Trinajstić information content (AvgIpc) is 2.71. The summed E-state index contributed by atoms with van der Waals surface area (Å²) in [5.74, 6) is 1.97. The van der Waals surface area contributed by atoms with E-state index in [4.69, 9.17) is 5.73 Å². The number of hydrogen-bond acceptors (Lipinski definition) is 8. The lowest BCUT2D eigenvalue weighted by molar-refractivity contribution is 0.787. The second-order valence-electron chi connectivity index (χ2n) is 3.82. The molecule has 2 N–H and O–H groups in total. The van der Waals surface area contributed by atoms with Crippen LogP contribution >= 0.6 is 11.8 Å². The highest BCUT2D eigenvalue weighted by Crippen LogP contribution is 2.18. The number of hydrogen-bond donors (Lipinski definition) is 1. The molecule has 2 aromatic heterocycles. The van der Waals surface area contributed by atoms with Crippen molar-refractivity contribution in [3.8, 4) is 0 Å². The zero-order chi connectivity index (χ0) is 13.1. The van der Waals surface area contributed by atoms with Gasteiger partial charge < -0.3 is 15.2 Å². The van der Waals surface area contributed by atoms with Gasteiger partial charge in [-0.05, 0) is 0 Å². The summed E-state index contributed by atoms with van der Waals surface area (Å²) in [5.41, 5.74) is 5.64. The molecule has 0 aliphatic heterocycles. The molecule has 0 spiro atoms. The predicted octanol–water partition coefficient (Wildman–Crippen LogP) is -0.0594. The first kappa shape index (κ1) is 12.6. The third kappa shape index (κ3) is 2.86. The Morgan fingerprint density at radius 1 is 1.33 bits per heavy atom. The van der Waals surface area contributed by atoms with Crippen LogP contribution in [0.4, 0.5) is 11.9 Å². The largest absolute Gasteiger partial charge is 0.368 e. The maximum absolute atomic E-state index is 5.64. The van der Waals surface area contributed by atoms with Gasteiger partial charge in [0.25, 0.3) is 0 Å². The molecule has 2 aromatic rings. The Kier molecular flexibility index (Phi) is 3.60. The highest BCUT2D eigenvalue weighted by atomic mass is 32.2. The molecule has 0 radical (unpaired) electrons. The Hall–Kier alpha value is -1.90. The van der Waals surface area contributed by atoms with E-state index in [0.29, 0.717) is 17.5 Å². The van der Waals surface area contributed by atoms with E-state index < -0.39 is 0 Å². The molecule has 0 aliphatic rings. The molecule has 9 heteroatoms. The minimum Gasteiger partial charge on any atom is -0.368 e. The normalized spacial score (nSPS) is 10.6. The first-order valence-corrected chi connectivity index (χ1v) is 6.19. The summed E-state index contributed by atoms with van der Waals surface area (Å²) in [5, 5.41) is 8.58. The molecule has 0 bridgehead atoms. The maximum atomic E-state index is 5.64. The number of thioether (sulfide) groups is 1. The molecule has 0 aliphatic carbocycles. The third-order valence-corrected chi connectivity index (χ3v) is 3.12. The van der Waals surface area contributed by atoms with Gasteiger partial charge in [0.1, 0.15) is 12.2 Å². The fourth-order valence-corrected chi connectivity index (χ4v) is 1.97. The Morgan fingerprint density at radius 3 is 2.72 bits per heavy atom. The van der Waals surface area contributed by atoms with Crippen molar-refractivity contribution in [3.05, 3.63) is 12.2 Å². The minimum atomic E-state index is 0.224. The summed E-state index contributed by atoms with van der Waals surface area (Å²) < 4.78 is 1.84. The monoisotopic (exact) mass is 266 g/mol. The van der Waals surface area contributed by atoms with Crippen molar-refractivity contribution in [2.45, 2.75) is 10.9 Å². The summed E-state index contributed by atoms with van der Waals surface area (Å²) in [7, 11) is 5.60. The van der Waals surface area contributed by atoms with Gasteiger partial charge in [-0.2, -0.15) is 15.0 Å². The maximum Gasteiger partial charge on any atom is 0.229 e. The van der Waals surface area contributed by atoms with E-state index in [1.165, 1.54) is 11.8 Å². The van der Waals surface area contributed by atoms with Crippen molar-refractivity contribution < 1.29 is 0 Å². The summed E-state index contributed by atoms with van der Waals surface area (Å²) in [4.78, 5) is 14.2. The molecule has 18 heavy (non-hydrogen) atoms. The molecule has 2 heterocycles. The Morgan fingerprint density at radius 2 is 2.11 bits per heavy atom. The van der Waals surface area contributed by atoms with E-state index >= 15 is 0 Å². The number of anilines is 2. The van der Waals surface area contributed by atoms with Gasteiger partial charge in [0.2, 0.25) is 11.9 Å². The molecule has 0 atom stereocenters. The first-order chi connectivity index (χ1) is 8.56. The number of nitrogens with zero attached hydrogens (tertiary/aromatic N) is 7. The van der Waals surface area contributed by atoms with Gasteiger partial charge in [-0.25, -0.2) is 0 Å². The molecule has 2 rings (SSSR count). The van der Waals surface area contributed by atoms with Crippen LogP contribution in [0.1, 0.15) is 5.82 Å². The molecule has 96 valence electrons. The number of nitrogen functional groups attached to an aromatic ring is 1. The Bertz CT molecular complexity index is 537. The smallest absolute Gasteiger partial charge is 0.229 e. The van der Waals surface area contributed by atoms with Crippen LogP contribution in [0.25, 0.3) is 0 Å². The van der Waals surface area contributed by atoms with Gasteiger partial charge in [-0.3, -0.25) is 0 Å². The lowest BCUT2D eigenvalue weighted by Gasteiger charge is -2.11. The fraction of sp³-hybridized carbons (Fsp3) is 0.444. The number of aryl methyl sites for hydroxylation is 1. The van der Waals surface area contributed by atoms with Crippen LogP contribution in [0.15, 0.2) is 11.5 Å². The second kappa shape index (κ2) is 5.17. The van der Waals surface area contributed by atoms with E-state index in [9.17, 15) is 0 Å². The van der Waals surface area contributed by atoms with Crippen LogP contribution in [-0.4, -0.2) is 43.8 Å². The van der Waals surface area contributed by atoms with Gasteiger partial charge in [0.05, 0.1) is 5.75 Å². The molecule has 0 saturated carbocycles. The molecule has 8 nitrogen and oxygen atoms in total. The van der Waals surface area contributed by atoms with Crippen LogP contribution in [0.5, 0.6) is 0 Å². The van der Waals surface area contributed by atoms with E-state index in [1.807, 2.05) is 25.7 Å². The Labute approximate surface area is 109 Å². The summed E-state index contributed by atoms with van der Waals surface area (Å²) in [6, 6.07) is 0. The molecule has 0 unspecified atom stereocenters. The van der Waals surface area contributed by atoms with Gasteiger partial charge in [-0.1, -0.05) is 11.8 Å². The zero-order valence-corrected chi connectivity index (χ0v) is 11.2. The quantitative estimate of drug-likeness (QED) is 0.768. The number of nitrogens with two attached hydrogens (primary N) is 1. The first-order valence-electron chi connectivity index (χ1n) is 5.21. The lowest BCUT2D eigenvalue weighted by Crippen LogP contribution is -2.16. The predicted molar refractivity (Wildman–Crippen MR) is 69.1 cm³/mol. The van der Waals surface area contributed by atoms with Crippen molar-refractivity contribution in [3.63, 3.8) is 0 Å². The van der Waals surface area contributed by atoms with Gasteiger partial charge in [0.15, 0.2) is 5.16 Å². The molecule has 0 fully saturated rings. The average molecular weight is 266 g/mol. The Balaban J connectivity index is 2.12. The lowest BCUT2D eigenvalue weighted by atomic mass is 10.6. The van der Waals surface area contributed by atoms with Crippen LogP contribution < -0.4 is 10.6 Å². The summed E-state index contributed by atoms with van der Waals surface area (Å²) >= 11 is 1.50. The van der Waals surface area contributed by atoms with E-state index in [2.05, 4.69) is 25.1 Å². The fourth-order valence-electron chi connectivity index (χ4n) is 1.22. The number of aromatic nitrogens is 6. The van der Waals surface area contributed by atoms with Crippen LogP contribution in [0.2, 0.25) is 0 Å². The van der Waals surface area contributed by atoms with Crippen LogP contribution in [0, 0.1) is 0 Å². The van der Waals surface area contributed by atoms with Gasteiger partial charge in [0, 0.05) is 21.1 Å². The second-order valence-corrected chi connectivity index (χ2v) is 4.76. The third-order valence-electron chi connectivity index (χ3n) is 2.09. The SMILES string of the molecule is CN(C)c1nc(N)nc(CSc2nncn2C)n1. The van der Waals surface area contributed by atoms with Crippen molar-refractivity contribution in [2.75, 3.05) is 24.7 Å². The van der Waals surface area contributed by atoms with E-state index in [-0.39, 0.29) is 5.95 Å². The molecule has 0 amide bonds. The standard InChI is InChI=1S/C9H14N8S/c1-16(2)8-13-6(12-7(10)14-8)4-18-9-15-11-5-17(9)3/h5H,4H2,1-3H3,(H2,10,12,13,14).